The molecule has 0 amide bonds. The monoisotopic (exact) mass is 381 g/mol. The van der Waals surface area contributed by atoms with Crippen molar-refractivity contribution >= 4 is 16.9 Å². The topological polar surface area (TPSA) is 78.0 Å². The van der Waals surface area contributed by atoms with Crippen LogP contribution in [0.1, 0.15) is 11.7 Å². The Kier molecular flexibility index (Phi) is 3.73. The molecular weight excluding hydrogens is 366 g/mol. The van der Waals surface area contributed by atoms with E-state index in [4.69, 9.17) is 9.47 Å². The Morgan fingerprint density at radius 3 is 2.93 bits per heavy atom. The molecule has 1 atom stereocenters. The molecule has 0 spiro atoms. The van der Waals surface area contributed by atoms with E-state index in [0.29, 0.717) is 22.6 Å². The molecule has 0 fully saturated rings. The number of rotatable bonds is 4. The molecule has 0 aliphatic carbocycles. The highest BCUT2D eigenvalue weighted by Gasteiger charge is 2.18. The van der Waals surface area contributed by atoms with E-state index >= 15 is 0 Å². The van der Waals surface area contributed by atoms with Gasteiger partial charge in [0.15, 0.2) is 11.5 Å². The van der Waals surface area contributed by atoms with E-state index in [0.717, 1.165) is 10.6 Å². The lowest BCUT2D eigenvalue weighted by molar-refractivity contribution is 0.154. The summed E-state index contributed by atoms with van der Waals surface area (Å²) in [6.45, 7) is 0.313. The zero-order valence-corrected chi connectivity index (χ0v) is 14.9. The number of thiophene rings is 1. The Morgan fingerprint density at radius 2 is 2.07 bits per heavy atom. The smallest absolute Gasteiger partial charge is 0.276 e. The standard InChI is InChI=1S/C19H15N3O4S/c23-15(12-3-4-16-17(8-12)26-11-25-16)10-21-5-6-22-14(19(21)24)9-13(20-22)18-2-1-7-27-18/h1-9,15,23H,10-11H2. The molecule has 27 heavy (non-hydrogen) atoms. The van der Waals surface area contributed by atoms with E-state index in [9.17, 15) is 9.90 Å². The molecule has 4 heterocycles. The van der Waals surface area contributed by atoms with Gasteiger partial charge in [0.2, 0.25) is 6.79 Å². The first kappa shape index (κ1) is 16.1. The van der Waals surface area contributed by atoms with Crippen LogP contribution in [-0.2, 0) is 6.54 Å². The fraction of sp³-hybridized carbons (Fsp3) is 0.158. The van der Waals surface area contributed by atoms with Crippen LogP contribution in [0.3, 0.4) is 0 Å². The van der Waals surface area contributed by atoms with Crippen LogP contribution in [0.4, 0.5) is 0 Å². The number of hydrogen-bond acceptors (Lipinski definition) is 6. The van der Waals surface area contributed by atoms with Gasteiger partial charge in [-0.05, 0) is 35.2 Å². The van der Waals surface area contributed by atoms with E-state index in [1.165, 1.54) is 4.57 Å². The van der Waals surface area contributed by atoms with Crippen LogP contribution in [0.2, 0.25) is 0 Å². The first-order chi connectivity index (χ1) is 13.2. The molecule has 1 aliphatic rings. The van der Waals surface area contributed by atoms with Gasteiger partial charge >= 0.3 is 0 Å². The van der Waals surface area contributed by atoms with E-state index < -0.39 is 6.10 Å². The number of aliphatic hydroxyl groups is 1. The van der Waals surface area contributed by atoms with Crippen molar-refractivity contribution in [1.29, 1.82) is 0 Å². The van der Waals surface area contributed by atoms with Crippen molar-refractivity contribution in [1.82, 2.24) is 14.2 Å². The average molecular weight is 381 g/mol. The molecule has 0 saturated carbocycles. The number of nitrogens with zero attached hydrogens (tertiary/aromatic N) is 3. The highest BCUT2D eigenvalue weighted by Crippen LogP contribution is 2.34. The maximum absolute atomic E-state index is 12.8. The molecule has 136 valence electrons. The molecule has 4 aromatic rings. The zero-order valence-electron chi connectivity index (χ0n) is 14.1. The van der Waals surface area contributed by atoms with Crippen molar-refractivity contribution in [3.8, 4) is 22.1 Å². The molecule has 0 saturated heterocycles. The lowest BCUT2D eigenvalue weighted by Gasteiger charge is -2.13. The van der Waals surface area contributed by atoms with Crippen molar-refractivity contribution < 1.29 is 14.6 Å². The molecule has 0 radical (unpaired) electrons. The van der Waals surface area contributed by atoms with Crippen molar-refractivity contribution in [3.63, 3.8) is 0 Å². The second-order valence-electron chi connectivity index (χ2n) is 6.22. The van der Waals surface area contributed by atoms with Gasteiger partial charge in [-0.2, -0.15) is 5.10 Å². The highest BCUT2D eigenvalue weighted by atomic mass is 32.1. The van der Waals surface area contributed by atoms with Crippen LogP contribution in [0.5, 0.6) is 11.5 Å². The van der Waals surface area contributed by atoms with Crippen LogP contribution < -0.4 is 15.0 Å². The predicted octanol–water partition coefficient (Wildman–Crippen LogP) is 2.69. The third-order valence-electron chi connectivity index (χ3n) is 4.53. The average Bonchev–Trinajstić information content (AvgIpc) is 3.43. The quantitative estimate of drug-likeness (QED) is 0.588. The molecule has 1 N–H and O–H groups in total. The maximum Gasteiger partial charge on any atom is 0.276 e. The molecule has 5 rings (SSSR count). The minimum Gasteiger partial charge on any atom is -0.454 e. The number of benzene rings is 1. The Balaban J connectivity index is 1.46. The van der Waals surface area contributed by atoms with Gasteiger partial charge in [-0.3, -0.25) is 4.79 Å². The van der Waals surface area contributed by atoms with Crippen molar-refractivity contribution in [2.24, 2.45) is 0 Å². The van der Waals surface area contributed by atoms with E-state index in [-0.39, 0.29) is 18.9 Å². The summed E-state index contributed by atoms with van der Waals surface area (Å²) in [7, 11) is 0. The molecule has 1 aromatic carbocycles. The Hall–Kier alpha value is -3.10. The number of fused-ring (bicyclic) bond motifs is 2. The SMILES string of the molecule is O=c1c2cc(-c3cccs3)nn2ccn1CC(O)c1ccc2c(c1)OCO2. The molecule has 1 unspecified atom stereocenters. The molecule has 3 aromatic heterocycles. The number of aliphatic hydroxyl groups excluding tert-OH is 1. The van der Waals surface area contributed by atoms with Gasteiger partial charge in [0.25, 0.3) is 5.56 Å². The maximum atomic E-state index is 12.8. The van der Waals surface area contributed by atoms with Gasteiger partial charge in [-0.1, -0.05) is 12.1 Å². The third-order valence-corrected chi connectivity index (χ3v) is 5.42. The predicted molar refractivity (Wildman–Crippen MR) is 100 cm³/mol. The Morgan fingerprint density at radius 1 is 1.19 bits per heavy atom. The van der Waals surface area contributed by atoms with E-state index in [2.05, 4.69) is 5.10 Å². The third kappa shape index (κ3) is 2.79. The van der Waals surface area contributed by atoms with E-state index in [1.807, 2.05) is 17.5 Å². The minimum absolute atomic E-state index is 0.133. The van der Waals surface area contributed by atoms with Gasteiger partial charge < -0.3 is 19.1 Å². The summed E-state index contributed by atoms with van der Waals surface area (Å²) in [5.74, 6) is 1.26. The van der Waals surface area contributed by atoms with Crippen LogP contribution in [-0.4, -0.2) is 26.1 Å². The molecule has 8 heteroatoms. The van der Waals surface area contributed by atoms with Crippen molar-refractivity contribution in [3.05, 3.63) is 70.1 Å². The first-order valence-electron chi connectivity index (χ1n) is 8.39. The second kappa shape index (κ2) is 6.26. The van der Waals surface area contributed by atoms with Gasteiger partial charge in [0, 0.05) is 12.4 Å². The fourth-order valence-electron chi connectivity index (χ4n) is 3.13. The summed E-state index contributed by atoms with van der Waals surface area (Å²) in [6.07, 6.45) is 2.51. The lowest BCUT2D eigenvalue weighted by Crippen LogP contribution is -2.24. The molecule has 7 nitrogen and oxygen atoms in total. The van der Waals surface area contributed by atoms with Gasteiger partial charge in [0.05, 0.1) is 17.5 Å². The highest BCUT2D eigenvalue weighted by molar-refractivity contribution is 7.13. The van der Waals surface area contributed by atoms with E-state index in [1.54, 1.807) is 52.5 Å². The van der Waals surface area contributed by atoms with Crippen LogP contribution >= 0.6 is 11.3 Å². The largest absolute Gasteiger partial charge is 0.454 e. The van der Waals surface area contributed by atoms with Crippen LogP contribution in [0.25, 0.3) is 16.1 Å². The summed E-state index contributed by atoms with van der Waals surface area (Å²) < 4.78 is 13.7. The Bertz CT molecular complexity index is 1180. The summed E-state index contributed by atoms with van der Waals surface area (Å²) in [6, 6.07) is 11.0. The van der Waals surface area contributed by atoms with Crippen molar-refractivity contribution in [2.75, 3.05) is 6.79 Å². The first-order valence-corrected chi connectivity index (χ1v) is 9.27. The van der Waals surface area contributed by atoms with Crippen LogP contribution in [0, 0.1) is 0 Å². The summed E-state index contributed by atoms with van der Waals surface area (Å²) >= 11 is 1.57. The van der Waals surface area contributed by atoms with Gasteiger partial charge in [-0.15, -0.1) is 11.3 Å². The summed E-state index contributed by atoms with van der Waals surface area (Å²) in [5.41, 5.74) is 1.70. The lowest BCUT2D eigenvalue weighted by atomic mass is 10.1. The van der Waals surface area contributed by atoms with Crippen LogP contribution in [0.15, 0.2) is 59.0 Å². The van der Waals surface area contributed by atoms with Gasteiger partial charge in [0.1, 0.15) is 11.2 Å². The fourth-order valence-corrected chi connectivity index (χ4v) is 3.81. The summed E-state index contributed by atoms with van der Waals surface area (Å²) in [4.78, 5) is 13.8. The number of ether oxygens (including phenoxy) is 2. The summed E-state index contributed by atoms with van der Waals surface area (Å²) in [5, 5.41) is 17.0. The molecule has 1 aliphatic heterocycles. The molecule has 0 bridgehead atoms. The zero-order chi connectivity index (χ0) is 18.4. The van der Waals surface area contributed by atoms with Gasteiger partial charge in [-0.25, -0.2) is 4.52 Å². The number of hydrogen-bond donors (Lipinski definition) is 1. The van der Waals surface area contributed by atoms with Crippen molar-refractivity contribution in [2.45, 2.75) is 12.6 Å². The normalized spacial score (nSPS) is 14.0. The molecular formula is C19H15N3O4S. The minimum atomic E-state index is -0.848. The number of aromatic nitrogens is 3. The Labute approximate surface area is 157 Å². The second-order valence-corrected chi connectivity index (χ2v) is 7.17.